The van der Waals surface area contributed by atoms with Gasteiger partial charge < -0.3 is 5.32 Å². The molecule has 76 valence electrons. The number of halogens is 2. The summed E-state index contributed by atoms with van der Waals surface area (Å²) in [4.78, 5) is 11.4. The summed E-state index contributed by atoms with van der Waals surface area (Å²) < 4.78 is 26.4. The predicted octanol–water partition coefficient (Wildman–Crippen LogP) is 1.46. The summed E-state index contributed by atoms with van der Waals surface area (Å²) >= 11 is 0. The lowest BCUT2D eigenvalue weighted by Gasteiger charge is -2.31. The Labute approximate surface area is 76.7 Å². The molecule has 1 rings (SSSR count). The zero-order valence-electron chi connectivity index (χ0n) is 7.94. The van der Waals surface area contributed by atoms with E-state index in [9.17, 15) is 13.6 Å². The summed E-state index contributed by atoms with van der Waals surface area (Å²) in [7, 11) is 0. The van der Waals surface area contributed by atoms with Crippen molar-refractivity contribution in [2.24, 2.45) is 11.8 Å². The van der Waals surface area contributed by atoms with Crippen LogP contribution in [-0.2, 0) is 4.79 Å². The minimum atomic E-state index is -2.86. The Morgan fingerprint density at radius 3 is 2.62 bits per heavy atom. The van der Waals surface area contributed by atoms with Crippen LogP contribution in [0, 0.1) is 11.8 Å². The molecule has 0 aromatic rings. The first-order valence-corrected chi connectivity index (χ1v) is 4.57. The van der Waals surface area contributed by atoms with Crippen molar-refractivity contribution < 1.29 is 13.6 Å². The molecule has 1 heterocycles. The molecule has 0 spiro atoms. The second-order valence-electron chi connectivity index (χ2n) is 3.84. The van der Waals surface area contributed by atoms with Crippen molar-refractivity contribution in [3.8, 4) is 0 Å². The van der Waals surface area contributed by atoms with Crippen LogP contribution in [0.4, 0.5) is 8.78 Å². The number of rotatable bonds is 2. The molecule has 0 aromatic heterocycles. The molecule has 4 heteroatoms. The second kappa shape index (κ2) is 3.70. The number of piperidine rings is 1. The molecular weight excluding hydrogens is 176 g/mol. The van der Waals surface area contributed by atoms with E-state index >= 15 is 0 Å². The molecule has 1 saturated heterocycles. The Morgan fingerprint density at radius 2 is 2.15 bits per heavy atom. The lowest BCUT2D eigenvalue weighted by Crippen LogP contribution is -2.50. The highest BCUT2D eigenvalue weighted by atomic mass is 19.3. The Kier molecular flexibility index (Phi) is 3.01. The van der Waals surface area contributed by atoms with Gasteiger partial charge in [-0.25, -0.2) is 8.78 Å². The highest BCUT2D eigenvalue weighted by Crippen LogP contribution is 2.31. The molecule has 1 N–H and O–H groups in total. The molecule has 2 nitrogen and oxygen atoms in total. The van der Waals surface area contributed by atoms with Crippen LogP contribution in [-0.4, -0.2) is 24.8 Å². The molecule has 0 amide bonds. The molecule has 0 bridgehead atoms. The summed E-state index contributed by atoms with van der Waals surface area (Å²) in [6.07, 6.45) is 0.254. The fourth-order valence-corrected chi connectivity index (χ4v) is 1.59. The minimum absolute atomic E-state index is 0.254. The van der Waals surface area contributed by atoms with Gasteiger partial charge in [-0.2, -0.15) is 0 Å². The predicted molar refractivity (Wildman–Crippen MR) is 45.8 cm³/mol. The fraction of sp³-hybridized carbons (Fsp3) is 0.889. The van der Waals surface area contributed by atoms with Gasteiger partial charge in [0.2, 0.25) is 0 Å². The first-order valence-electron chi connectivity index (χ1n) is 4.57. The van der Waals surface area contributed by atoms with Crippen molar-refractivity contribution >= 4 is 5.78 Å². The molecule has 1 fully saturated rings. The molecule has 1 aliphatic rings. The van der Waals surface area contributed by atoms with Gasteiger partial charge in [-0.3, -0.25) is 4.79 Å². The Bertz CT molecular complexity index is 204. The van der Waals surface area contributed by atoms with Gasteiger partial charge in [-0.1, -0.05) is 13.8 Å². The van der Waals surface area contributed by atoms with Gasteiger partial charge in [0.25, 0.3) is 5.92 Å². The summed E-state index contributed by atoms with van der Waals surface area (Å²) in [5, 5.41) is 2.60. The van der Waals surface area contributed by atoms with E-state index in [0.29, 0.717) is 6.54 Å². The smallest absolute Gasteiger partial charge is 0.269 e. The highest BCUT2D eigenvalue weighted by molar-refractivity contribution is 5.83. The van der Waals surface area contributed by atoms with Crippen molar-refractivity contribution in [1.82, 2.24) is 5.32 Å². The molecular formula is C9H15F2NO. The van der Waals surface area contributed by atoms with E-state index in [2.05, 4.69) is 5.32 Å². The van der Waals surface area contributed by atoms with E-state index < -0.39 is 11.8 Å². The van der Waals surface area contributed by atoms with Crippen LogP contribution in [0.2, 0.25) is 0 Å². The molecule has 0 aliphatic carbocycles. The first-order chi connectivity index (χ1) is 5.95. The first kappa shape index (κ1) is 10.6. The monoisotopic (exact) mass is 191 g/mol. The Balaban J connectivity index is 2.71. The van der Waals surface area contributed by atoms with Crippen molar-refractivity contribution in [1.29, 1.82) is 0 Å². The minimum Gasteiger partial charge on any atom is -0.311 e. The number of alkyl halides is 2. The number of nitrogens with one attached hydrogen (secondary N) is 1. The number of ketones is 1. The molecule has 0 saturated carbocycles. The number of carbonyl (C=O) groups excluding carboxylic acids is 1. The molecule has 0 aromatic carbocycles. The Hall–Kier alpha value is -0.510. The van der Waals surface area contributed by atoms with Crippen LogP contribution in [0.25, 0.3) is 0 Å². The van der Waals surface area contributed by atoms with Gasteiger partial charge in [0.05, 0.1) is 12.5 Å². The highest BCUT2D eigenvalue weighted by Gasteiger charge is 2.45. The summed E-state index contributed by atoms with van der Waals surface area (Å²) in [5.41, 5.74) is 0. The van der Waals surface area contributed by atoms with Crippen molar-refractivity contribution in [2.45, 2.75) is 26.2 Å². The molecule has 1 aliphatic heterocycles. The summed E-state index contributed by atoms with van der Waals surface area (Å²) in [6, 6.07) is 0. The molecule has 1 unspecified atom stereocenters. The largest absolute Gasteiger partial charge is 0.311 e. The third kappa shape index (κ3) is 2.24. The van der Waals surface area contributed by atoms with Crippen molar-refractivity contribution in [3.63, 3.8) is 0 Å². The fourth-order valence-electron chi connectivity index (χ4n) is 1.59. The number of Topliss-reactive ketones (excluding diaryl/α,β-unsaturated/α-hetero) is 1. The van der Waals surface area contributed by atoms with Crippen LogP contribution < -0.4 is 5.32 Å². The molecule has 0 radical (unpaired) electrons. The van der Waals surface area contributed by atoms with Crippen LogP contribution in [0.3, 0.4) is 0 Å². The number of carbonyl (C=O) groups is 1. The van der Waals surface area contributed by atoms with Gasteiger partial charge in [0, 0.05) is 5.92 Å². The third-order valence-corrected chi connectivity index (χ3v) is 2.39. The zero-order chi connectivity index (χ0) is 10.1. The second-order valence-corrected chi connectivity index (χ2v) is 3.84. The summed E-state index contributed by atoms with van der Waals surface area (Å²) in [5.74, 6) is -4.55. The van der Waals surface area contributed by atoms with Crippen molar-refractivity contribution in [2.75, 3.05) is 13.1 Å². The van der Waals surface area contributed by atoms with Crippen LogP contribution in [0.5, 0.6) is 0 Å². The van der Waals surface area contributed by atoms with Gasteiger partial charge in [-0.15, -0.1) is 0 Å². The SMILES string of the molecule is CC(C)C(=O)C1CCNCC1(F)F. The van der Waals surface area contributed by atoms with Crippen molar-refractivity contribution in [3.05, 3.63) is 0 Å². The maximum absolute atomic E-state index is 13.2. The lowest BCUT2D eigenvalue weighted by molar-refractivity contribution is -0.143. The van der Waals surface area contributed by atoms with E-state index in [1.54, 1.807) is 13.8 Å². The van der Waals surface area contributed by atoms with Gasteiger partial charge in [-0.05, 0) is 13.0 Å². The van der Waals surface area contributed by atoms with E-state index in [1.165, 1.54) is 0 Å². The number of hydrogen-bond donors (Lipinski definition) is 1. The van der Waals surface area contributed by atoms with E-state index in [-0.39, 0.29) is 24.7 Å². The quantitative estimate of drug-likeness (QED) is 0.715. The van der Waals surface area contributed by atoms with Gasteiger partial charge in [0.15, 0.2) is 0 Å². The average Bonchev–Trinajstić information content (AvgIpc) is 2.02. The number of hydrogen-bond acceptors (Lipinski definition) is 2. The van der Waals surface area contributed by atoms with Gasteiger partial charge in [0.1, 0.15) is 5.78 Å². The Morgan fingerprint density at radius 1 is 1.54 bits per heavy atom. The van der Waals surface area contributed by atoms with E-state index in [1.807, 2.05) is 0 Å². The maximum atomic E-state index is 13.2. The van der Waals surface area contributed by atoms with E-state index in [0.717, 1.165) is 0 Å². The normalized spacial score (nSPS) is 27.6. The summed E-state index contributed by atoms with van der Waals surface area (Å²) in [6.45, 7) is 3.48. The third-order valence-electron chi connectivity index (χ3n) is 2.39. The van der Waals surface area contributed by atoms with Crippen LogP contribution >= 0.6 is 0 Å². The van der Waals surface area contributed by atoms with Crippen LogP contribution in [0.15, 0.2) is 0 Å². The average molecular weight is 191 g/mol. The molecule has 13 heavy (non-hydrogen) atoms. The van der Waals surface area contributed by atoms with Gasteiger partial charge >= 0.3 is 0 Å². The topological polar surface area (TPSA) is 29.1 Å². The standard InChI is InChI=1S/C9H15F2NO/c1-6(2)8(13)7-3-4-12-5-9(7,10)11/h6-7,12H,3-5H2,1-2H3. The van der Waals surface area contributed by atoms with Crippen LogP contribution in [0.1, 0.15) is 20.3 Å². The lowest BCUT2D eigenvalue weighted by atomic mass is 9.85. The van der Waals surface area contributed by atoms with E-state index in [4.69, 9.17) is 0 Å². The molecule has 1 atom stereocenters. The zero-order valence-corrected chi connectivity index (χ0v) is 7.94. The maximum Gasteiger partial charge on any atom is 0.269 e.